The van der Waals surface area contributed by atoms with E-state index in [4.69, 9.17) is 5.73 Å². The summed E-state index contributed by atoms with van der Waals surface area (Å²) in [6.07, 6.45) is 2.01. The molecule has 60 valence electrons. The number of anilines is 1. The van der Waals surface area contributed by atoms with E-state index in [2.05, 4.69) is 10.8 Å². The average Bonchev–Trinajstić information content (AvgIpc) is 2.01. The predicted octanol–water partition coefficient (Wildman–Crippen LogP) is 1.64. The van der Waals surface area contributed by atoms with Gasteiger partial charge < -0.3 is 5.73 Å². The second-order valence-electron chi connectivity index (χ2n) is 2.27. The fraction of sp³-hybridized carbons (Fsp3) is 0.250. The van der Waals surface area contributed by atoms with Gasteiger partial charge in [-0.1, -0.05) is 24.1 Å². The molecule has 0 amide bonds. The van der Waals surface area contributed by atoms with Gasteiger partial charge in [-0.2, -0.15) is 0 Å². The van der Waals surface area contributed by atoms with Crippen molar-refractivity contribution >= 4 is 17.6 Å². The SMILES string of the molecule is CSNCc1cccc(N)c1. The highest BCUT2D eigenvalue weighted by Gasteiger charge is 1.90. The molecule has 3 N–H and O–H groups in total. The third-order valence-corrected chi connectivity index (χ3v) is 1.80. The van der Waals surface area contributed by atoms with Gasteiger partial charge in [-0.05, 0) is 24.0 Å². The number of hydrogen-bond acceptors (Lipinski definition) is 3. The van der Waals surface area contributed by atoms with Crippen LogP contribution in [0.2, 0.25) is 0 Å². The van der Waals surface area contributed by atoms with E-state index in [1.165, 1.54) is 5.56 Å². The molecule has 11 heavy (non-hydrogen) atoms. The number of hydrogen-bond donors (Lipinski definition) is 2. The predicted molar refractivity (Wildman–Crippen MR) is 51.2 cm³/mol. The van der Waals surface area contributed by atoms with Crippen molar-refractivity contribution < 1.29 is 0 Å². The molecule has 0 aliphatic heterocycles. The Labute approximate surface area is 71.3 Å². The maximum absolute atomic E-state index is 5.60. The monoisotopic (exact) mass is 168 g/mol. The number of nitrogens with two attached hydrogens (primary N) is 1. The molecular weight excluding hydrogens is 156 g/mol. The molecule has 0 aliphatic carbocycles. The van der Waals surface area contributed by atoms with E-state index in [9.17, 15) is 0 Å². The summed E-state index contributed by atoms with van der Waals surface area (Å²) in [5.74, 6) is 0. The Bertz CT molecular complexity index is 225. The van der Waals surface area contributed by atoms with Crippen LogP contribution in [0.5, 0.6) is 0 Å². The summed E-state index contributed by atoms with van der Waals surface area (Å²) in [6, 6.07) is 7.89. The highest BCUT2D eigenvalue weighted by atomic mass is 32.2. The second kappa shape index (κ2) is 4.26. The molecule has 0 radical (unpaired) electrons. The molecule has 1 aromatic rings. The van der Waals surface area contributed by atoms with Crippen molar-refractivity contribution in [3.8, 4) is 0 Å². The topological polar surface area (TPSA) is 38.0 Å². The van der Waals surface area contributed by atoms with Gasteiger partial charge in [0.15, 0.2) is 0 Å². The van der Waals surface area contributed by atoms with Crippen molar-refractivity contribution in [3.63, 3.8) is 0 Å². The van der Waals surface area contributed by atoms with E-state index in [-0.39, 0.29) is 0 Å². The van der Waals surface area contributed by atoms with Crippen LogP contribution in [0.3, 0.4) is 0 Å². The summed E-state index contributed by atoms with van der Waals surface area (Å²) >= 11 is 1.61. The summed E-state index contributed by atoms with van der Waals surface area (Å²) < 4.78 is 3.15. The fourth-order valence-corrected chi connectivity index (χ4v) is 1.17. The van der Waals surface area contributed by atoms with Crippen LogP contribution in [-0.4, -0.2) is 6.26 Å². The van der Waals surface area contributed by atoms with E-state index < -0.39 is 0 Å². The van der Waals surface area contributed by atoms with Crippen LogP contribution in [0, 0.1) is 0 Å². The van der Waals surface area contributed by atoms with E-state index in [0.717, 1.165) is 12.2 Å². The Morgan fingerprint density at radius 2 is 2.36 bits per heavy atom. The molecule has 0 aromatic heterocycles. The van der Waals surface area contributed by atoms with Crippen LogP contribution in [0.1, 0.15) is 5.56 Å². The van der Waals surface area contributed by atoms with E-state index in [1.54, 1.807) is 11.9 Å². The van der Waals surface area contributed by atoms with Crippen LogP contribution < -0.4 is 10.5 Å². The minimum Gasteiger partial charge on any atom is -0.399 e. The first-order chi connectivity index (χ1) is 5.33. The first kappa shape index (κ1) is 8.43. The zero-order valence-corrected chi connectivity index (χ0v) is 7.32. The van der Waals surface area contributed by atoms with Gasteiger partial charge >= 0.3 is 0 Å². The Hall–Kier alpha value is -0.670. The molecule has 0 unspecified atom stereocenters. The third-order valence-electron chi connectivity index (χ3n) is 1.37. The van der Waals surface area contributed by atoms with E-state index in [1.807, 2.05) is 24.5 Å². The zero-order chi connectivity index (χ0) is 8.10. The van der Waals surface area contributed by atoms with Crippen LogP contribution in [-0.2, 0) is 6.54 Å². The average molecular weight is 168 g/mol. The number of benzene rings is 1. The first-order valence-corrected chi connectivity index (χ1v) is 4.65. The minimum atomic E-state index is 0.824. The third kappa shape index (κ3) is 2.82. The molecule has 2 nitrogen and oxygen atoms in total. The summed E-state index contributed by atoms with van der Waals surface area (Å²) in [5, 5.41) is 0. The molecule has 1 rings (SSSR count). The molecule has 0 saturated heterocycles. The van der Waals surface area contributed by atoms with Gasteiger partial charge in [0.1, 0.15) is 0 Å². The molecule has 0 saturated carbocycles. The van der Waals surface area contributed by atoms with Crippen molar-refractivity contribution in [2.24, 2.45) is 0 Å². The Morgan fingerprint density at radius 1 is 1.55 bits per heavy atom. The molecule has 3 heteroatoms. The van der Waals surface area contributed by atoms with E-state index >= 15 is 0 Å². The highest BCUT2D eigenvalue weighted by molar-refractivity contribution is 7.96. The van der Waals surface area contributed by atoms with Crippen molar-refractivity contribution in [1.29, 1.82) is 0 Å². The van der Waals surface area contributed by atoms with Gasteiger partial charge in [0.2, 0.25) is 0 Å². The highest BCUT2D eigenvalue weighted by Crippen LogP contribution is 2.06. The Kier molecular flexibility index (Phi) is 3.26. The lowest BCUT2D eigenvalue weighted by Gasteiger charge is -2.01. The Morgan fingerprint density at radius 3 is 3.00 bits per heavy atom. The summed E-state index contributed by atoms with van der Waals surface area (Å²) in [5.41, 5.74) is 7.64. The molecule has 1 aromatic carbocycles. The maximum atomic E-state index is 5.60. The van der Waals surface area contributed by atoms with Crippen LogP contribution >= 0.6 is 11.9 Å². The van der Waals surface area contributed by atoms with Crippen molar-refractivity contribution in [2.45, 2.75) is 6.54 Å². The Balaban J connectivity index is 2.56. The van der Waals surface area contributed by atoms with Gasteiger partial charge in [-0.15, -0.1) is 0 Å². The quantitative estimate of drug-likeness (QED) is 0.532. The van der Waals surface area contributed by atoms with Crippen molar-refractivity contribution in [2.75, 3.05) is 12.0 Å². The fourth-order valence-electron chi connectivity index (χ4n) is 0.859. The largest absolute Gasteiger partial charge is 0.399 e. The first-order valence-electron chi connectivity index (χ1n) is 3.43. The smallest absolute Gasteiger partial charge is 0.0317 e. The summed E-state index contributed by atoms with van der Waals surface area (Å²) in [4.78, 5) is 0. The summed E-state index contributed by atoms with van der Waals surface area (Å²) in [7, 11) is 0. The van der Waals surface area contributed by atoms with Crippen LogP contribution in [0.4, 0.5) is 5.69 Å². The molecular formula is C8H12N2S. The van der Waals surface area contributed by atoms with Crippen molar-refractivity contribution in [1.82, 2.24) is 4.72 Å². The standard InChI is InChI=1S/C8H12N2S/c1-11-10-6-7-3-2-4-8(9)5-7/h2-5,10H,6,9H2,1H3. The molecule has 0 bridgehead atoms. The number of rotatable bonds is 3. The molecule has 0 aliphatic rings. The maximum Gasteiger partial charge on any atom is 0.0317 e. The van der Waals surface area contributed by atoms with Gasteiger partial charge in [0.05, 0.1) is 0 Å². The normalized spacial score (nSPS) is 9.91. The molecule has 0 fully saturated rings. The number of nitrogen functional groups attached to an aromatic ring is 1. The van der Waals surface area contributed by atoms with Gasteiger partial charge in [0, 0.05) is 12.2 Å². The lowest BCUT2D eigenvalue weighted by molar-refractivity contribution is 0.980. The molecule has 0 heterocycles. The number of nitrogens with one attached hydrogen (secondary N) is 1. The minimum absolute atomic E-state index is 0.824. The van der Waals surface area contributed by atoms with Gasteiger partial charge in [0.25, 0.3) is 0 Å². The molecule has 0 spiro atoms. The lowest BCUT2D eigenvalue weighted by Crippen LogP contribution is -2.02. The van der Waals surface area contributed by atoms with Gasteiger partial charge in [-0.25, -0.2) is 0 Å². The van der Waals surface area contributed by atoms with Crippen molar-refractivity contribution in [3.05, 3.63) is 29.8 Å². The van der Waals surface area contributed by atoms with E-state index in [0.29, 0.717) is 0 Å². The van der Waals surface area contributed by atoms with Crippen LogP contribution in [0.25, 0.3) is 0 Å². The van der Waals surface area contributed by atoms with Crippen LogP contribution in [0.15, 0.2) is 24.3 Å². The van der Waals surface area contributed by atoms with Gasteiger partial charge in [-0.3, -0.25) is 4.72 Å². The lowest BCUT2D eigenvalue weighted by atomic mass is 10.2. The molecule has 0 atom stereocenters. The second-order valence-corrected chi connectivity index (χ2v) is 2.97. The zero-order valence-electron chi connectivity index (χ0n) is 6.50. The summed E-state index contributed by atoms with van der Waals surface area (Å²) in [6.45, 7) is 0.867.